The van der Waals surface area contributed by atoms with Crippen molar-refractivity contribution >= 4 is 28.3 Å². The number of nitrogens with zero attached hydrogens (tertiary/aromatic N) is 4. The van der Waals surface area contributed by atoms with Gasteiger partial charge in [-0.3, -0.25) is 10.7 Å². The van der Waals surface area contributed by atoms with Gasteiger partial charge in [0.15, 0.2) is 11.5 Å². The van der Waals surface area contributed by atoms with Crippen LogP contribution < -0.4 is 15.5 Å². The molecule has 0 bridgehead atoms. The van der Waals surface area contributed by atoms with Crippen LogP contribution in [-0.4, -0.2) is 44.9 Å². The van der Waals surface area contributed by atoms with Crippen molar-refractivity contribution in [3.63, 3.8) is 0 Å². The number of benzene rings is 1. The fourth-order valence-corrected chi connectivity index (χ4v) is 2.15. The van der Waals surface area contributed by atoms with Crippen LogP contribution in [0.25, 0.3) is 0 Å². The Morgan fingerprint density at radius 3 is 2.96 bits per heavy atom. The van der Waals surface area contributed by atoms with E-state index in [-0.39, 0.29) is 28.6 Å². The first kappa shape index (κ1) is 18.5. The molecule has 4 N–H and O–H groups in total. The third-order valence-corrected chi connectivity index (χ3v) is 3.46. The van der Waals surface area contributed by atoms with Crippen LogP contribution in [-0.2, 0) is 11.0 Å². The molecule has 0 aliphatic rings. The molecule has 0 aliphatic heterocycles. The maximum absolute atomic E-state index is 13.3. The second kappa shape index (κ2) is 8.83. The molecule has 10 nitrogen and oxygen atoms in total. The van der Waals surface area contributed by atoms with Gasteiger partial charge >= 0.3 is 0 Å². The smallest absolute Gasteiger partial charge is 0.202 e. The Hall–Kier alpha value is -2.88. The lowest BCUT2D eigenvalue weighted by atomic mass is 10.2. The van der Waals surface area contributed by atoms with Crippen molar-refractivity contribution in [3.05, 3.63) is 35.3 Å². The van der Waals surface area contributed by atoms with Gasteiger partial charge in [0, 0.05) is 19.3 Å². The lowest BCUT2D eigenvalue weighted by Crippen LogP contribution is -2.25. The van der Waals surface area contributed by atoms with Gasteiger partial charge in [0.05, 0.1) is 22.2 Å². The number of halogens is 1. The predicted octanol–water partition coefficient (Wildman–Crippen LogP) is 0.432. The molecule has 0 saturated carbocycles. The van der Waals surface area contributed by atoms with Crippen molar-refractivity contribution in [1.29, 1.82) is 5.26 Å². The average molecular weight is 367 g/mol. The minimum atomic E-state index is -1.14. The van der Waals surface area contributed by atoms with Crippen molar-refractivity contribution in [2.75, 3.05) is 24.7 Å². The number of nitriles is 1. The van der Waals surface area contributed by atoms with Gasteiger partial charge in [-0.15, -0.1) is 0 Å². The van der Waals surface area contributed by atoms with E-state index in [1.807, 2.05) is 5.48 Å². The van der Waals surface area contributed by atoms with E-state index in [1.165, 1.54) is 18.4 Å². The van der Waals surface area contributed by atoms with E-state index in [0.717, 1.165) is 6.07 Å². The van der Waals surface area contributed by atoms with Gasteiger partial charge in [0.25, 0.3) is 0 Å². The zero-order chi connectivity index (χ0) is 18.2. The number of hydrogen-bond acceptors (Lipinski definition) is 8. The molecule has 12 heteroatoms. The van der Waals surface area contributed by atoms with Crippen molar-refractivity contribution < 1.29 is 18.4 Å². The van der Waals surface area contributed by atoms with Gasteiger partial charge in [-0.2, -0.15) is 5.26 Å². The maximum atomic E-state index is 13.3. The summed E-state index contributed by atoms with van der Waals surface area (Å²) in [7, 11) is -1.14. The number of aliphatic imine (C=N–C) groups is 1. The fourth-order valence-electron chi connectivity index (χ4n) is 1.76. The van der Waals surface area contributed by atoms with E-state index in [4.69, 9.17) is 5.26 Å². The number of anilines is 1. The fraction of sp³-hybridized carbons (Fsp3) is 0.231. The van der Waals surface area contributed by atoms with E-state index in [2.05, 4.69) is 30.0 Å². The molecule has 1 unspecified atom stereocenters. The number of aromatic nitrogens is 2. The molecule has 25 heavy (non-hydrogen) atoms. The Kier molecular flexibility index (Phi) is 6.52. The molecule has 0 radical (unpaired) electrons. The largest absolute Gasteiger partial charge is 0.364 e. The molecule has 2 aromatic rings. The van der Waals surface area contributed by atoms with Crippen LogP contribution in [0.4, 0.5) is 15.9 Å². The van der Waals surface area contributed by atoms with Gasteiger partial charge < -0.3 is 5.32 Å². The van der Waals surface area contributed by atoms with Crippen LogP contribution >= 0.6 is 0 Å². The first-order valence-corrected chi connectivity index (χ1v) is 8.43. The SMILES string of the molecule is CS(=O)NCCNc1nonc1C(=Nc1ccc(F)c(C#N)c1)NO. The van der Waals surface area contributed by atoms with Crippen LogP contribution in [0, 0.1) is 17.1 Å². The molecule has 1 heterocycles. The molecule has 1 aromatic carbocycles. The highest BCUT2D eigenvalue weighted by Gasteiger charge is 2.16. The third-order valence-electron chi connectivity index (χ3n) is 2.85. The summed E-state index contributed by atoms with van der Waals surface area (Å²) >= 11 is 0. The standard InChI is InChI=1S/C13H14FN7O3S/c1-25(23)17-5-4-16-12-11(20-24-21-12)13(19-22)18-9-2-3-10(14)8(6-9)7-15/h2-3,6,17,22H,4-5H2,1H3,(H,16,21)(H,18,19). The van der Waals surface area contributed by atoms with E-state index < -0.39 is 16.8 Å². The molecule has 2 rings (SSSR count). The van der Waals surface area contributed by atoms with Crippen LogP contribution in [0.1, 0.15) is 11.3 Å². The first-order valence-electron chi connectivity index (χ1n) is 6.87. The van der Waals surface area contributed by atoms with E-state index in [1.54, 1.807) is 6.07 Å². The van der Waals surface area contributed by atoms with Crippen LogP contribution in [0.15, 0.2) is 27.8 Å². The summed E-state index contributed by atoms with van der Waals surface area (Å²) in [6, 6.07) is 5.33. The highest BCUT2D eigenvalue weighted by molar-refractivity contribution is 7.82. The third kappa shape index (κ3) is 5.05. The second-order valence-electron chi connectivity index (χ2n) is 4.58. The highest BCUT2D eigenvalue weighted by Crippen LogP contribution is 2.19. The normalized spacial score (nSPS) is 12.5. The van der Waals surface area contributed by atoms with Gasteiger partial charge in [-0.1, -0.05) is 0 Å². The summed E-state index contributed by atoms with van der Waals surface area (Å²) in [6.45, 7) is 0.743. The minimum absolute atomic E-state index is 0.0722. The number of hydroxylamine groups is 1. The Bertz CT molecular complexity index is 833. The van der Waals surface area contributed by atoms with E-state index >= 15 is 0 Å². The summed E-state index contributed by atoms with van der Waals surface area (Å²) in [5, 5.41) is 28.3. The average Bonchev–Trinajstić information content (AvgIpc) is 3.06. The zero-order valence-electron chi connectivity index (χ0n) is 13.0. The highest BCUT2D eigenvalue weighted by atomic mass is 32.2. The van der Waals surface area contributed by atoms with Crippen molar-refractivity contribution in [2.24, 2.45) is 4.99 Å². The number of hydrogen-bond donors (Lipinski definition) is 4. The summed E-state index contributed by atoms with van der Waals surface area (Å²) in [6.07, 6.45) is 1.50. The number of amidine groups is 1. The first-order chi connectivity index (χ1) is 12.0. The van der Waals surface area contributed by atoms with E-state index in [0.29, 0.717) is 13.1 Å². The molecule has 0 fully saturated rings. The maximum Gasteiger partial charge on any atom is 0.202 e. The lowest BCUT2D eigenvalue weighted by molar-refractivity contribution is 0.234. The molecular weight excluding hydrogens is 353 g/mol. The summed E-state index contributed by atoms with van der Waals surface area (Å²) < 4.78 is 31.6. The predicted molar refractivity (Wildman–Crippen MR) is 87.1 cm³/mol. The summed E-state index contributed by atoms with van der Waals surface area (Å²) in [4.78, 5) is 4.06. The monoisotopic (exact) mass is 367 g/mol. The van der Waals surface area contributed by atoms with Gasteiger partial charge in [-0.05, 0) is 28.5 Å². The summed E-state index contributed by atoms with van der Waals surface area (Å²) in [5.74, 6) is -0.607. The Labute approximate surface area is 144 Å². The molecule has 0 aliphatic carbocycles. The second-order valence-corrected chi connectivity index (χ2v) is 5.78. The Morgan fingerprint density at radius 2 is 2.28 bits per heavy atom. The number of rotatable bonds is 7. The van der Waals surface area contributed by atoms with Gasteiger partial charge in [-0.25, -0.2) is 22.9 Å². The zero-order valence-corrected chi connectivity index (χ0v) is 13.8. The molecular formula is C13H14FN7O3S. The number of nitrogens with one attached hydrogen (secondary N) is 3. The van der Waals surface area contributed by atoms with Crippen LogP contribution in [0.5, 0.6) is 0 Å². The van der Waals surface area contributed by atoms with Crippen LogP contribution in [0.3, 0.4) is 0 Å². The Morgan fingerprint density at radius 1 is 1.48 bits per heavy atom. The molecule has 1 atom stereocenters. The summed E-state index contributed by atoms with van der Waals surface area (Å²) in [5.41, 5.74) is 1.96. The molecule has 0 saturated heterocycles. The van der Waals surface area contributed by atoms with Crippen LogP contribution in [0.2, 0.25) is 0 Å². The topological polar surface area (TPSA) is 148 Å². The van der Waals surface area contributed by atoms with Crippen molar-refractivity contribution in [1.82, 2.24) is 20.5 Å². The van der Waals surface area contributed by atoms with Gasteiger partial charge in [0.2, 0.25) is 5.82 Å². The van der Waals surface area contributed by atoms with Crippen molar-refractivity contribution in [3.8, 4) is 6.07 Å². The van der Waals surface area contributed by atoms with E-state index in [9.17, 15) is 13.8 Å². The van der Waals surface area contributed by atoms with Crippen molar-refractivity contribution in [2.45, 2.75) is 0 Å². The molecule has 1 aromatic heterocycles. The quantitative estimate of drug-likeness (QED) is 0.238. The molecule has 132 valence electrons. The molecule has 0 amide bonds. The van der Waals surface area contributed by atoms with Gasteiger partial charge in [0.1, 0.15) is 11.9 Å². The lowest BCUT2D eigenvalue weighted by Gasteiger charge is -2.06. The molecule has 0 spiro atoms. The Balaban J connectivity index is 2.19. The minimum Gasteiger partial charge on any atom is -0.364 e.